The average molecular weight is 376 g/mol. The van der Waals surface area contributed by atoms with E-state index in [0.717, 1.165) is 42.7 Å². The summed E-state index contributed by atoms with van der Waals surface area (Å²) in [7, 11) is 3.88. The van der Waals surface area contributed by atoms with Gasteiger partial charge in [-0.3, -0.25) is 9.67 Å². The van der Waals surface area contributed by atoms with Crippen LogP contribution in [0.3, 0.4) is 0 Å². The van der Waals surface area contributed by atoms with Crippen LogP contribution in [0.15, 0.2) is 47.7 Å². The maximum Gasteiger partial charge on any atom is 0.193 e. The van der Waals surface area contributed by atoms with E-state index in [1.807, 2.05) is 48.3 Å². The highest BCUT2D eigenvalue weighted by Crippen LogP contribution is 2.20. The zero-order valence-corrected chi connectivity index (χ0v) is 16.1. The minimum absolute atomic E-state index is 0.0576. The van der Waals surface area contributed by atoms with Crippen molar-refractivity contribution in [2.24, 2.45) is 10.9 Å². The van der Waals surface area contributed by atoms with E-state index >= 15 is 0 Å². The number of rotatable bonds is 6. The number of hydrogen-bond acceptors (Lipinski definition) is 3. The molecule has 3 rings (SSSR count). The minimum Gasteiger partial charge on any atom is -0.381 e. The molecule has 0 bridgehead atoms. The molecule has 1 aliphatic heterocycles. The third-order valence-corrected chi connectivity index (χ3v) is 4.93. The highest BCUT2D eigenvalue weighted by atomic mass is 35.5. The van der Waals surface area contributed by atoms with Gasteiger partial charge in [0, 0.05) is 57.1 Å². The van der Waals surface area contributed by atoms with Crippen molar-refractivity contribution in [1.29, 1.82) is 0 Å². The Morgan fingerprint density at radius 3 is 2.88 bits per heavy atom. The van der Waals surface area contributed by atoms with Crippen LogP contribution < -0.4 is 5.32 Å². The summed E-state index contributed by atoms with van der Waals surface area (Å²) >= 11 is 6.04. The minimum atomic E-state index is 0.0576. The Morgan fingerprint density at radius 1 is 1.46 bits per heavy atom. The van der Waals surface area contributed by atoms with Gasteiger partial charge < -0.3 is 15.0 Å². The Morgan fingerprint density at radius 2 is 2.27 bits per heavy atom. The number of nitrogens with zero attached hydrogens (tertiary/aromatic N) is 4. The van der Waals surface area contributed by atoms with Crippen molar-refractivity contribution in [2.75, 3.05) is 40.4 Å². The summed E-state index contributed by atoms with van der Waals surface area (Å²) in [5, 5.41) is 8.64. The molecule has 1 fully saturated rings. The molecule has 0 spiro atoms. The first-order valence-electron chi connectivity index (χ1n) is 8.91. The van der Waals surface area contributed by atoms with E-state index < -0.39 is 0 Å². The lowest BCUT2D eigenvalue weighted by Gasteiger charge is -2.26. The standard InChI is InChI=1S/C19H26ClN5O/c1-21-19(24(2)13-15-8-11-26-14-15)22-12-18(25-10-3-9-23-25)16-4-6-17(20)7-5-16/h3-7,9-10,15,18H,8,11-14H2,1-2H3,(H,21,22). The largest absolute Gasteiger partial charge is 0.381 e. The Bertz CT molecular complexity index is 695. The van der Waals surface area contributed by atoms with E-state index in [2.05, 4.69) is 27.4 Å². The summed E-state index contributed by atoms with van der Waals surface area (Å²) in [6, 6.07) is 9.90. The number of halogens is 1. The molecule has 2 aromatic rings. The molecule has 1 saturated heterocycles. The molecule has 0 radical (unpaired) electrons. The van der Waals surface area contributed by atoms with Crippen LogP contribution in [-0.4, -0.2) is 61.0 Å². The summed E-state index contributed by atoms with van der Waals surface area (Å²) < 4.78 is 7.43. The zero-order chi connectivity index (χ0) is 18.4. The molecule has 26 heavy (non-hydrogen) atoms. The predicted molar refractivity (Wildman–Crippen MR) is 105 cm³/mol. The molecule has 1 aromatic heterocycles. The van der Waals surface area contributed by atoms with Gasteiger partial charge in [-0.15, -0.1) is 0 Å². The summed E-state index contributed by atoms with van der Waals surface area (Å²) in [4.78, 5) is 6.60. The van der Waals surface area contributed by atoms with E-state index in [0.29, 0.717) is 12.5 Å². The van der Waals surface area contributed by atoms with Gasteiger partial charge >= 0.3 is 0 Å². The quantitative estimate of drug-likeness (QED) is 0.623. The maximum atomic E-state index is 6.04. The summed E-state index contributed by atoms with van der Waals surface area (Å²) in [5.74, 6) is 1.44. The van der Waals surface area contributed by atoms with Gasteiger partial charge in [0.2, 0.25) is 0 Å². The first-order valence-corrected chi connectivity index (χ1v) is 9.29. The topological polar surface area (TPSA) is 54.7 Å². The van der Waals surface area contributed by atoms with E-state index in [1.54, 1.807) is 6.20 Å². The molecule has 2 unspecified atom stereocenters. The number of guanidine groups is 1. The van der Waals surface area contributed by atoms with Crippen molar-refractivity contribution in [3.05, 3.63) is 53.3 Å². The summed E-state index contributed by atoms with van der Waals surface area (Å²) in [6.45, 7) is 3.32. The molecular formula is C19H26ClN5O. The number of nitrogens with one attached hydrogen (secondary N) is 1. The van der Waals surface area contributed by atoms with Crippen LogP contribution in [0.25, 0.3) is 0 Å². The Labute approximate surface area is 159 Å². The summed E-state index contributed by atoms with van der Waals surface area (Å²) in [5.41, 5.74) is 1.15. The number of aliphatic imine (C=N–C) groups is 1. The second-order valence-electron chi connectivity index (χ2n) is 6.59. The molecule has 140 valence electrons. The van der Waals surface area contributed by atoms with E-state index in [9.17, 15) is 0 Å². The van der Waals surface area contributed by atoms with Crippen LogP contribution in [0.1, 0.15) is 18.0 Å². The van der Waals surface area contributed by atoms with Crippen molar-refractivity contribution in [1.82, 2.24) is 20.0 Å². The van der Waals surface area contributed by atoms with Gasteiger partial charge in [0.15, 0.2) is 5.96 Å². The van der Waals surface area contributed by atoms with Crippen molar-refractivity contribution >= 4 is 17.6 Å². The van der Waals surface area contributed by atoms with Gasteiger partial charge in [0.25, 0.3) is 0 Å². The molecule has 0 aliphatic carbocycles. The number of ether oxygens (including phenoxy) is 1. The molecule has 6 nitrogen and oxygen atoms in total. The molecule has 1 aliphatic rings. The fraction of sp³-hybridized carbons (Fsp3) is 0.474. The van der Waals surface area contributed by atoms with Gasteiger partial charge in [-0.25, -0.2) is 0 Å². The van der Waals surface area contributed by atoms with E-state index in [-0.39, 0.29) is 6.04 Å². The molecule has 1 N–H and O–H groups in total. The first kappa shape index (κ1) is 18.7. The van der Waals surface area contributed by atoms with Crippen LogP contribution in [-0.2, 0) is 4.74 Å². The SMILES string of the molecule is CN=C(NCC(c1ccc(Cl)cc1)n1cccn1)N(C)CC1CCOC1. The van der Waals surface area contributed by atoms with Gasteiger partial charge in [-0.05, 0) is 30.2 Å². The fourth-order valence-electron chi connectivity index (χ4n) is 3.29. The van der Waals surface area contributed by atoms with Gasteiger partial charge in [-0.1, -0.05) is 23.7 Å². The molecule has 2 heterocycles. The lowest BCUT2D eigenvalue weighted by molar-refractivity contribution is 0.181. The monoisotopic (exact) mass is 375 g/mol. The van der Waals surface area contributed by atoms with Gasteiger partial charge in [-0.2, -0.15) is 5.10 Å². The van der Waals surface area contributed by atoms with Gasteiger partial charge in [0.1, 0.15) is 0 Å². The van der Waals surface area contributed by atoms with Crippen molar-refractivity contribution in [2.45, 2.75) is 12.5 Å². The Hall–Kier alpha value is -2.05. The fourth-order valence-corrected chi connectivity index (χ4v) is 3.41. The molecule has 1 aromatic carbocycles. The molecule has 2 atom stereocenters. The Balaban J connectivity index is 1.67. The Kier molecular flexibility index (Phi) is 6.52. The second kappa shape index (κ2) is 9.05. The number of hydrogen-bond donors (Lipinski definition) is 1. The molecule has 7 heteroatoms. The summed E-state index contributed by atoms with van der Waals surface area (Å²) in [6.07, 6.45) is 4.88. The maximum absolute atomic E-state index is 6.04. The highest BCUT2D eigenvalue weighted by molar-refractivity contribution is 6.30. The van der Waals surface area contributed by atoms with Crippen LogP contribution in [0.5, 0.6) is 0 Å². The van der Waals surface area contributed by atoms with Gasteiger partial charge in [0.05, 0.1) is 12.6 Å². The lowest BCUT2D eigenvalue weighted by Crippen LogP contribution is -2.43. The average Bonchev–Trinajstić information content (AvgIpc) is 3.34. The van der Waals surface area contributed by atoms with Crippen LogP contribution in [0, 0.1) is 5.92 Å². The zero-order valence-electron chi connectivity index (χ0n) is 15.3. The van der Waals surface area contributed by atoms with Crippen molar-refractivity contribution in [3.8, 4) is 0 Å². The second-order valence-corrected chi connectivity index (χ2v) is 7.03. The van der Waals surface area contributed by atoms with Crippen LogP contribution in [0.2, 0.25) is 5.02 Å². The predicted octanol–water partition coefficient (Wildman–Crippen LogP) is 2.67. The molecule has 0 amide bonds. The van der Waals surface area contributed by atoms with E-state index in [1.165, 1.54) is 0 Å². The molecular weight excluding hydrogens is 350 g/mol. The van der Waals surface area contributed by atoms with Crippen molar-refractivity contribution in [3.63, 3.8) is 0 Å². The smallest absolute Gasteiger partial charge is 0.193 e. The first-order chi connectivity index (χ1) is 12.7. The normalized spacial score (nSPS) is 18.7. The third-order valence-electron chi connectivity index (χ3n) is 4.68. The molecule has 0 saturated carbocycles. The lowest BCUT2D eigenvalue weighted by atomic mass is 10.1. The number of benzene rings is 1. The van der Waals surface area contributed by atoms with E-state index in [4.69, 9.17) is 16.3 Å². The number of aromatic nitrogens is 2. The van der Waals surface area contributed by atoms with Crippen LogP contribution in [0.4, 0.5) is 0 Å². The van der Waals surface area contributed by atoms with Crippen LogP contribution >= 0.6 is 11.6 Å². The highest BCUT2D eigenvalue weighted by Gasteiger charge is 2.20. The third kappa shape index (κ3) is 4.77. The van der Waals surface area contributed by atoms with Crippen molar-refractivity contribution < 1.29 is 4.74 Å².